The zero-order chi connectivity index (χ0) is 10.4. The molecular weight excluding hydrogens is 199 g/mol. The van der Waals surface area contributed by atoms with Gasteiger partial charge in [-0.2, -0.15) is 0 Å². The van der Waals surface area contributed by atoms with Gasteiger partial charge in [-0.05, 0) is 0 Å². The summed E-state index contributed by atoms with van der Waals surface area (Å²) in [6, 6.07) is 0. The second kappa shape index (κ2) is 5.61. The third-order valence-corrected chi connectivity index (χ3v) is 2.22. The van der Waals surface area contributed by atoms with Crippen molar-refractivity contribution in [2.75, 3.05) is 14.2 Å². The molecule has 0 aromatic carbocycles. The van der Waals surface area contributed by atoms with Gasteiger partial charge in [0, 0.05) is 0 Å². The van der Waals surface area contributed by atoms with Crippen molar-refractivity contribution < 1.29 is 28.5 Å². The maximum atomic E-state index is 10.8. The lowest BCUT2D eigenvalue weighted by atomic mass is 10.3. The molecule has 0 aromatic rings. The SMILES string of the molecule is COC(=O)CC(C(=O)OC)[P+](=O)[O-]. The monoisotopic (exact) mass is 208 g/mol. The van der Waals surface area contributed by atoms with Crippen LogP contribution in [0.4, 0.5) is 0 Å². The maximum Gasteiger partial charge on any atom is 0.358 e. The van der Waals surface area contributed by atoms with Crippen LogP contribution in [0.5, 0.6) is 0 Å². The highest BCUT2D eigenvalue weighted by molar-refractivity contribution is 7.38. The van der Waals surface area contributed by atoms with Gasteiger partial charge < -0.3 is 14.4 Å². The number of methoxy groups -OCH3 is 2. The molecule has 7 heteroatoms. The van der Waals surface area contributed by atoms with Gasteiger partial charge in [-0.25, -0.2) is 4.79 Å². The van der Waals surface area contributed by atoms with Crippen LogP contribution in [0.3, 0.4) is 0 Å². The molecule has 0 aliphatic rings. The number of carbonyl (C=O) groups is 2. The summed E-state index contributed by atoms with van der Waals surface area (Å²) < 4.78 is 18.9. The fourth-order valence-electron chi connectivity index (χ4n) is 0.621. The molecule has 0 aromatic heterocycles. The zero-order valence-corrected chi connectivity index (χ0v) is 8.08. The minimum absolute atomic E-state index is 0.512. The maximum absolute atomic E-state index is 10.8. The van der Waals surface area contributed by atoms with Crippen LogP contribution in [0.2, 0.25) is 0 Å². The summed E-state index contributed by atoms with van der Waals surface area (Å²) in [5.74, 6) is -1.73. The van der Waals surface area contributed by atoms with E-state index in [1.165, 1.54) is 0 Å². The lowest BCUT2D eigenvalue weighted by molar-refractivity contribution is -0.171. The summed E-state index contributed by atoms with van der Waals surface area (Å²) in [6.07, 6.45) is -0.512. The Kier molecular flexibility index (Phi) is 5.18. The van der Waals surface area contributed by atoms with Crippen molar-refractivity contribution in [1.29, 1.82) is 0 Å². The van der Waals surface area contributed by atoms with E-state index in [0.717, 1.165) is 14.2 Å². The van der Waals surface area contributed by atoms with Crippen molar-refractivity contribution in [2.24, 2.45) is 0 Å². The first-order chi connectivity index (χ1) is 6.02. The lowest BCUT2D eigenvalue weighted by Crippen LogP contribution is -2.25. The summed E-state index contributed by atoms with van der Waals surface area (Å²) in [4.78, 5) is 31.9. The summed E-state index contributed by atoms with van der Waals surface area (Å²) in [5, 5.41) is 0. The molecule has 0 N–H and O–H groups in total. The highest BCUT2D eigenvalue weighted by atomic mass is 31.1. The van der Waals surface area contributed by atoms with E-state index in [1.54, 1.807) is 0 Å². The zero-order valence-electron chi connectivity index (χ0n) is 7.18. The summed E-state index contributed by atoms with van der Waals surface area (Å²) in [5.41, 5.74) is -1.45. The molecule has 0 aliphatic heterocycles. The Morgan fingerprint density at radius 3 is 2.23 bits per heavy atom. The van der Waals surface area contributed by atoms with E-state index < -0.39 is 32.0 Å². The van der Waals surface area contributed by atoms with E-state index in [1.807, 2.05) is 0 Å². The Morgan fingerprint density at radius 2 is 1.92 bits per heavy atom. The fourth-order valence-corrected chi connectivity index (χ4v) is 1.20. The Bertz CT molecular complexity index is 225. The predicted molar refractivity (Wildman–Crippen MR) is 40.0 cm³/mol. The Hall–Kier alpha value is -1.00. The van der Waals surface area contributed by atoms with E-state index in [2.05, 4.69) is 9.47 Å². The quantitative estimate of drug-likeness (QED) is 0.443. The minimum atomic E-state index is -3.02. The third kappa shape index (κ3) is 3.96. The molecule has 6 nitrogen and oxygen atoms in total. The molecule has 0 fully saturated rings. The van der Waals surface area contributed by atoms with Crippen LogP contribution in [0.15, 0.2) is 0 Å². The summed E-state index contributed by atoms with van der Waals surface area (Å²) >= 11 is 0. The number of rotatable bonds is 4. The van der Waals surface area contributed by atoms with Crippen molar-refractivity contribution >= 4 is 20.0 Å². The molecule has 74 valence electrons. The van der Waals surface area contributed by atoms with E-state index in [-0.39, 0.29) is 0 Å². The topological polar surface area (TPSA) is 92.7 Å². The fraction of sp³-hybridized carbons (Fsp3) is 0.667. The number of ether oxygens (including phenoxy) is 2. The van der Waals surface area contributed by atoms with Gasteiger partial charge in [-0.3, -0.25) is 4.79 Å². The lowest BCUT2D eigenvalue weighted by Gasteiger charge is -2.04. The Labute approximate surface area is 75.7 Å². The standard InChI is InChI=1S/C6H9O6P/c1-11-5(7)3-4(13(9)10)6(8)12-2/h4H,3H2,1-2H3. The first-order valence-corrected chi connectivity index (χ1v) is 4.55. The van der Waals surface area contributed by atoms with Gasteiger partial charge in [0.25, 0.3) is 5.66 Å². The van der Waals surface area contributed by atoms with Gasteiger partial charge in [0.15, 0.2) is 0 Å². The summed E-state index contributed by atoms with van der Waals surface area (Å²) in [6.45, 7) is 0. The van der Waals surface area contributed by atoms with Crippen molar-refractivity contribution in [3.8, 4) is 0 Å². The van der Waals surface area contributed by atoms with Crippen molar-refractivity contribution in [2.45, 2.75) is 12.1 Å². The van der Waals surface area contributed by atoms with Crippen LogP contribution in [-0.2, 0) is 23.6 Å². The van der Waals surface area contributed by atoms with Gasteiger partial charge in [0.05, 0.1) is 14.2 Å². The number of carbonyl (C=O) groups excluding carboxylic acids is 2. The molecule has 0 bridgehead atoms. The first kappa shape index (κ1) is 12.0. The molecule has 0 radical (unpaired) electrons. The van der Waals surface area contributed by atoms with Gasteiger partial charge in [0.2, 0.25) is 0 Å². The summed E-state index contributed by atoms with van der Waals surface area (Å²) in [7, 11) is -0.870. The van der Waals surface area contributed by atoms with Crippen LogP contribution in [0.25, 0.3) is 0 Å². The van der Waals surface area contributed by atoms with Crippen molar-refractivity contribution in [3.05, 3.63) is 0 Å². The number of esters is 2. The van der Waals surface area contributed by atoms with Gasteiger partial charge in [0.1, 0.15) is 6.42 Å². The third-order valence-electron chi connectivity index (χ3n) is 1.32. The molecule has 0 amide bonds. The molecule has 0 saturated heterocycles. The molecule has 0 heterocycles. The Balaban J connectivity index is 4.35. The van der Waals surface area contributed by atoms with Crippen LogP contribution in [0.1, 0.15) is 6.42 Å². The number of hydrogen-bond acceptors (Lipinski definition) is 6. The van der Waals surface area contributed by atoms with Crippen LogP contribution in [-0.4, -0.2) is 31.8 Å². The highest BCUT2D eigenvalue weighted by Gasteiger charge is 2.34. The average molecular weight is 208 g/mol. The van der Waals surface area contributed by atoms with Crippen molar-refractivity contribution in [3.63, 3.8) is 0 Å². The molecule has 13 heavy (non-hydrogen) atoms. The highest BCUT2D eigenvalue weighted by Crippen LogP contribution is 2.22. The molecular formula is C6H9O6P. The molecule has 2 unspecified atom stereocenters. The van der Waals surface area contributed by atoms with Crippen LogP contribution in [0, 0.1) is 0 Å². The second-order valence-corrected chi connectivity index (χ2v) is 3.30. The van der Waals surface area contributed by atoms with Crippen LogP contribution >= 0.6 is 8.03 Å². The largest absolute Gasteiger partial charge is 0.595 e. The molecule has 0 aliphatic carbocycles. The predicted octanol–water partition coefficient (Wildman–Crippen LogP) is -0.806. The Morgan fingerprint density at radius 1 is 1.38 bits per heavy atom. The molecule has 0 rings (SSSR count). The first-order valence-electron chi connectivity index (χ1n) is 3.31. The minimum Gasteiger partial charge on any atom is -0.595 e. The molecule has 0 saturated carbocycles. The van der Waals surface area contributed by atoms with Gasteiger partial charge >= 0.3 is 20.0 Å². The second-order valence-electron chi connectivity index (χ2n) is 2.10. The van der Waals surface area contributed by atoms with E-state index >= 15 is 0 Å². The van der Waals surface area contributed by atoms with Gasteiger partial charge in [-0.1, -0.05) is 4.57 Å². The van der Waals surface area contributed by atoms with E-state index in [4.69, 9.17) is 0 Å². The smallest absolute Gasteiger partial charge is 0.358 e. The average Bonchev–Trinajstić information content (AvgIpc) is 2.11. The van der Waals surface area contributed by atoms with Crippen LogP contribution < -0.4 is 4.89 Å². The van der Waals surface area contributed by atoms with Crippen molar-refractivity contribution in [1.82, 2.24) is 0 Å². The normalized spacial score (nSPS) is 13.0. The van der Waals surface area contributed by atoms with Gasteiger partial charge in [-0.15, -0.1) is 0 Å². The van der Waals surface area contributed by atoms with E-state index in [0.29, 0.717) is 0 Å². The molecule has 0 spiro atoms. The van der Waals surface area contributed by atoms with E-state index in [9.17, 15) is 19.0 Å². The molecule has 2 atom stereocenters. The number of hydrogen-bond donors (Lipinski definition) is 0.